The lowest BCUT2D eigenvalue weighted by molar-refractivity contribution is -0.127. The minimum Gasteiger partial charge on any atom is -0.508 e. The number of hydrogen-bond acceptors (Lipinski definition) is 3. The van der Waals surface area contributed by atoms with Crippen molar-refractivity contribution in [3.63, 3.8) is 0 Å². The largest absolute Gasteiger partial charge is 0.508 e. The zero-order valence-electron chi connectivity index (χ0n) is 16.5. The normalized spacial score (nSPS) is 33.3. The van der Waals surface area contributed by atoms with E-state index in [1.165, 1.54) is 50.3 Å². The van der Waals surface area contributed by atoms with Gasteiger partial charge in [0.2, 0.25) is 5.91 Å². The molecule has 0 spiro atoms. The van der Waals surface area contributed by atoms with Crippen LogP contribution in [0, 0.1) is 28.6 Å². The molecular weight excluding hydrogens is 326 g/mol. The number of phenolic OH excluding ortho intramolecular Hbond substituents is 2. The highest BCUT2D eigenvalue weighted by molar-refractivity contribution is 5.91. The summed E-state index contributed by atoms with van der Waals surface area (Å²) >= 11 is 0. The van der Waals surface area contributed by atoms with Crippen molar-refractivity contribution in [2.45, 2.75) is 66.2 Å². The van der Waals surface area contributed by atoms with Gasteiger partial charge in [0.25, 0.3) is 0 Å². The standard InChI is InChI=1S/C22H33NO3/c1-14-6-7-19-21(2,3)8-5-9-22(19,4)18(14)13-20(26)23-15-10-16(24)12-17(25)11-15/h10-12,14,18-19,24-25H,5-9,13H2,1-4H3,(H,23,26). The van der Waals surface area contributed by atoms with E-state index in [4.69, 9.17) is 0 Å². The minimum atomic E-state index is -0.0487. The van der Waals surface area contributed by atoms with Crippen LogP contribution in [-0.2, 0) is 4.79 Å². The Hall–Kier alpha value is -1.71. The van der Waals surface area contributed by atoms with Crippen LogP contribution in [0.2, 0.25) is 0 Å². The number of carbonyl (C=O) groups is 1. The zero-order valence-corrected chi connectivity index (χ0v) is 16.5. The van der Waals surface area contributed by atoms with Crippen LogP contribution in [0.3, 0.4) is 0 Å². The topological polar surface area (TPSA) is 69.6 Å². The fourth-order valence-corrected chi connectivity index (χ4v) is 6.12. The van der Waals surface area contributed by atoms with Crippen molar-refractivity contribution in [3.8, 4) is 11.5 Å². The first-order valence-electron chi connectivity index (χ1n) is 9.95. The lowest BCUT2D eigenvalue weighted by Crippen LogP contribution is -2.51. The van der Waals surface area contributed by atoms with Gasteiger partial charge in [0.1, 0.15) is 11.5 Å². The maximum atomic E-state index is 12.8. The van der Waals surface area contributed by atoms with Crippen molar-refractivity contribution >= 4 is 11.6 Å². The number of fused-ring (bicyclic) bond motifs is 1. The third-order valence-electron chi connectivity index (χ3n) is 7.31. The molecule has 2 saturated carbocycles. The molecule has 1 amide bonds. The van der Waals surface area contributed by atoms with Gasteiger partial charge in [-0.05, 0) is 47.8 Å². The van der Waals surface area contributed by atoms with Crippen LogP contribution in [0.25, 0.3) is 0 Å². The molecule has 1 aromatic rings. The van der Waals surface area contributed by atoms with Gasteiger partial charge in [-0.25, -0.2) is 0 Å². The first-order valence-corrected chi connectivity index (χ1v) is 9.95. The summed E-state index contributed by atoms with van der Waals surface area (Å²) in [6, 6.07) is 4.20. The number of amides is 1. The summed E-state index contributed by atoms with van der Waals surface area (Å²) in [4.78, 5) is 12.8. The maximum Gasteiger partial charge on any atom is 0.224 e. The van der Waals surface area contributed by atoms with Crippen LogP contribution in [-0.4, -0.2) is 16.1 Å². The Balaban J connectivity index is 1.77. The third-order valence-corrected chi connectivity index (χ3v) is 7.31. The first kappa shape index (κ1) is 19.1. The predicted molar refractivity (Wildman–Crippen MR) is 104 cm³/mol. The molecule has 26 heavy (non-hydrogen) atoms. The molecule has 3 rings (SSSR count). The van der Waals surface area contributed by atoms with Crippen LogP contribution in [0.15, 0.2) is 18.2 Å². The quantitative estimate of drug-likeness (QED) is 0.685. The number of rotatable bonds is 3. The van der Waals surface area contributed by atoms with Gasteiger partial charge in [-0.15, -0.1) is 0 Å². The van der Waals surface area contributed by atoms with Gasteiger partial charge >= 0.3 is 0 Å². The van der Waals surface area contributed by atoms with Gasteiger partial charge in [0, 0.05) is 30.3 Å². The number of hydrogen-bond donors (Lipinski definition) is 3. The van der Waals surface area contributed by atoms with E-state index >= 15 is 0 Å². The lowest BCUT2D eigenvalue weighted by Gasteiger charge is -2.59. The molecule has 0 saturated heterocycles. The van der Waals surface area contributed by atoms with Gasteiger partial charge in [0.15, 0.2) is 0 Å². The molecule has 4 atom stereocenters. The van der Waals surface area contributed by atoms with E-state index in [0.29, 0.717) is 35.3 Å². The van der Waals surface area contributed by atoms with Crippen LogP contribution in [0.4, 0.5) is 5.69 Å². The summed E-state index contributed by atoms with van der Waals surface area (Å²) in [6.07, 6.45) is 6.68. The number of carbonyl (C=O) groups excluding carboxylic acids is 1. The summed E-state index contributed by atoms with van der Waals surface area (Å²) in [5, 5.41) is 22.1. The SMILES string of the molecule is CC1CCC2C(C)(C)CCCC2(C)C1CC(=O)Nc1cc(O)cc(O)c1. The average Bonchev–Trinajstić information content (AvgIpc) is 2.49. The molecule has 2 fully saturated rings. The van der Waals surface area contributed by atoms with Crippen molar-refractivity contribution in [3.05, 3.63) is 18.2 Å². The summed E-state index contributed by atoms with van der Waals surface area (Å²) in [5.74, 6) is 1.44. The molecule has 2 aliphatic carbocycles. The van der Waals surface area contributed by atoms with Gasteiger partial charge in [-0.1, -0.05) is 40.5 Å². The highest BCUT2D eigenvalue weighted by Gasteiger charge is 2.53. The van der Waals surface area contributed by atoms with Gasteiger partial charge in [0.05, 0.1) is 0 Å². The number of phenols is 2. The van der Waals surface area contributed by atoms with E-state index in [-0.39, 0.29) is 22.8 Å². The second kappa shape index (κ2) is 6.79. The Morgan fingerprint density at radius 2 is 1.77 bits per heavy atom. The fraction of sp³-hybridized carbons (Fsp3) is 0.682. The van der Waals surface area contributed by atoms with Crippen molar-refractivity contribution < 1.29 is 15.0 Å². The van der Waals surface area contributed by atoms with E-state index in [9.17, 15) is 15.0 Å². The van der Waals surface area contributed by atoms with Crippen molar-refractivity contribution in [1.29, 1.82) is 0 Å². The molecule has 2 aliphatic rings. The summed E-state index contributed by atoms with van der Waals surface area (Å²) in [6.45, 7) is 9.50. The van der Waals surface area contributed by atoms with Gasteiger partial charge in [-0.3, -0.25) is 4.79 Å². The highest BCUT2D eigenvalue weighted by atomic mass is 16.3. The Bertz CT molecular complexity index is 664. The number of nitrogens with one attached hydrogen (secondary N) is 1. The molecule has 1 aromatic carbocycles. The smallest absolute Gasteiger partial charge is 0.224 e. The molecule has 4 nitrogen and oxygen atoms in total. The molecule has 0 aliphatic heterocycles. The molecule has 144 valence electrons. The maximum absolute atomic E-state index is 12.8. The molecule has 3 N–H and O–H groups in total. The molecule has 4 heteroatoms. The van der Waals surface area contributed by atoms with Gasteiger partial charge < -0.3 is 15.5 Å². The van der Waals surface area contributed by atoms with Crippen LogP contribution in [0.5, 0.6) is 11.5 Å². The minimum absolute atomic E-state index is 0.0305. The predicted octanol–water partition coefficient (Wildman–Crippen LogP) is 5.31. The molecule has 4 unspecified atom stereocenters. The molecule has 0 radical (unpaired) electrons. The second-order valence-corrected chi connectivity index (χ2v) is 9.55. The molecule has 0 aromatic heterocycles. The highest BCUT2D eigenvalue weighted by Crippen LogP contribution is 2.61. The van der Waals surface area contributed by atoms with Crippen LogP contribution < -0.4 is 5.32 Å². The number of anilines is 1. The molecule has 0 heterocycles. The Morgan fingerprint density at radius 3 is 2.42 bits per heavy atom. The van der Waals surface area contributed by atoms with E-state index in [2.05, 4.69) is 33.0 Å². The lowest BCUT2D eigenvalue weighted by atomic mass is 9.46. The second-order valence-electron chi connectivity index (χ2n) is 9.55. The number of benzene rings is 1. The summed E-state index contributed by atoms with van der Waals surface area (Å²) in [5.41, 5.74) is 0.998. The average molecular weight is 360 g/mol. The van der Waals surface area contributed by atoms with Crippen LogP contribution >= 0.6 is 0 Å². The van der Waals surface area contributed by atoms with Crippen LogP contribution in [0.1, 0.15) is 66.2 Å². The van der Waals surface area contributed by atoms with Gasteiger partial charge in [-0.2, -0.15) is 0 Å². The van der Waals surface area contributed by atoms with Crippen molar-refractivity contribution in [2.75, 3.05) is 5.32 Å². The summed E-state index contributed by atoms with van der Waals surface area (Å²) < 4.78 is 0. The summed E-state index contributed by atoms with van der Waals surface area (Å²) in [7, 11) is 0. The Labute approximate surface area is 157 Å². The van der Waals surface area contributed by atoms with E-state index in [1.807, 2.05) is 0 Å². The zero-order chi connectivity index (χ0) is 19.1. The monoisotopic (exact) mass is 359 g/mol. The Morgan fingerprint density at radius 1 is 1.12 bits per heavy atom. The fourth-order valence-electron chi connectivity index (χ4n) is 6.12. The van der Waals surface area contributed by atoms with E-state index in [0.717, 1.165) is 0 Å². The van der Waals surface area contributed by atoms with Crippen molar-refractivity contribution in [2.24, 2.45) is 28.6 Å². The van der Waals surface area contributed by atoms with E-state index in [1.54, 1.807) is 0 Å². The van der Waals surface area contributed by atoms with Crippen molar-refractivity contribution in [1.82, 2.24) is 0 Å². The third kappa shape index (κ3) is 3.56. The first-order chi connectivity index (χ1) is 12.1. The Kier molecular flexibility index (Phi) is 4.98. The molecule has 0 bridgehead atoms. The molecular formula is C22H33NO3. The number of aromatic hydroxyl groups is 2. The van der Waals surface area contributed by atoms with E-state index < -0.39 is 0 Å².